The molecule has 1 saturated heterocycles. The molecule has 3 nitrogen and oxygen atoms in total. The molecule has 0 saturated carbocycles. The minimum Gasteiger partial charge on any atom is -0.376 e. The second-order valence-electron chi connectivity index (χ2n) is 4.24. The molecule has 1 aromatic rings. The van der Waals surface area contributed by atoms with E-state index in [0.29, 0.717) is 11.6 Å². The number of halogens is 1. The Morgan fingerprint density at radius 1 is 1.50 bits per heavy atom. The fourth-order valence-corrected chi connectivity index (χ4v) is 2.05. The SMILES string of the molecule is O=C(C=Cc1ccccc1Cl)NC[C@@H]1CCCO1. The quantitative estimate of drug-likeness (QED) is 0.850. The Hall–Kier alpha value is -1.32. The summed E-state index contributed by atoms with van der Waals surface area (Å²) < 4.78 is 5.43. The Balaban J connectivity index is 1.81. The monoisotopic (exact) mass is 265 g/mol. The fourth-order valence-electron chi connectivity index (χ4n) is 1.85. The number of rotatable bonds is 4. The van der Waals surface area contributed by atoms with E-state index in [-0.39, 0.29) is 12.0 Å². The minimum absolute atomic E-state index is 0.120. The molecule has 2 rings (SSSR count). The predicted octanol–water partition coefficient (Wildman–Crippen LogP) is 2.65. The van der Waals surface area contributed by atoms with Gasteiger partial charge in [-0.2, -0.15) is 0 Å². The van der Waals surface area contributed by atoms with Crippen LogP contribution in [0.5, 0.6) is 0 Å². The lowest BCUT2D eigenvalue weighted by Gasteiger charge is -2.08. The van der Waals surface area contributed by atoms with Crippen molar-refractivity contribution < 1.29 is 9.53 Å². The van der Waals surface area contributed by atoms with E-state index in [0.717, 1.165) is 25.0 Å². The summed E-state index contributed by atoms with van der Waals surface area (Å²) in [5.74, 6) is -0.120. The summed E-state index contributed by atoms with van der Waals surface area (Å²) >= 11 is 5.99. The van der Waals surface area contributed by atoms with Crippen molar-refractivity contribution in [3.8, 4) is 0 Å². The summed E-state index contributed by atoms with van der Waals surface area (Å²) in [6.07, 6.45) is 5.48. The molecule has 4 heteroatoms. The molecule has 1 aliphatic heterocycles. The lowest BCUT2D eigenvalue weighted by atomic mass is 10.2. The van der Waals surface area contributed by atoms with E-state index in [4.69, 9.17) is 16.3 Å². The highest BCUT2D eigenvalue weighted by Crippen LogP contribution is 2.16. The Bertz CT molecular complexity index is 439. The Kier molecular flexibility index (Phi) is 4.79. The Morgan fingerprint density at radius 2 is 2.33 bits per heavy atom. The largest absolute Gasteiger partial charge is 0.376 e. The summed E-state index contributed by atoms with van der Waals surface area (Å²) in [5, 5.41) is 3.46. The smallest absolute Gasteiger partial charge is 0.244 e. The van der Waals surface area contributed by atoms with E-state index in [1.54, 1.807) is 12.1 Å². The number of benzene rings is 1. The van der Waals surface area contributed by atoms with Gasteiger partial charge in [-0.15, -0.1) is 0 Å². The molecular weight excluding hydrogens is 250 g/mol. The van der Waals surface area contributed by atoms with Gasteiger partial charge in [-0.25, -0.2) is 0 Å². The van der Waals surface area contributed by atoms with Gasteiger partial charge >= 0.3 is 0 Å². The molecule has 96 valence electrons. The van der Waals surface area contributed by atoms with Crippen LogP contribution >= 0.6 is 11.6 Å². The van der Waals surface area contributed by atoms with Gasteiger partial charge in [0.1, 0.15) is 0 Å². The first-order chi connectivity index (χ1) is 8.75. The van der Waals surface area contributed by atoms with Crippen molar-refractivity contribution in [2.24, 2.45) is 0 Å². The van der Waals surface area contributed by atoms with Crippen molar-refractivity contribution in [1.82, 2.24) is 5.32 Å². The van der Waals surface area contributed by atoms with E-state index in [2.05, 4.69) is 5.32 Å². The maximum atomic E-state index is 11.6. The molecule has 1 fully saturated rings. The average Bonchev–Trinajstić information content (AvgIpc) is 2.88. The van der Waals surface area contributed by atoms with Crippen molar-refractivity contribution in [1.29, 1.82) is 0 Å². The molecule has 0 aromatic heterocycles. The summed E-state index contributed by atoms with van der Waals surface area (Å²) in [6, 6.07) is 7.41. The molecule has 18 heavy (non-hydrogen) atoms. The number of amides is 1. The molecule has 1 amide bonds. The van der Waals surface area contributed by atoms with Crippen molar-refractivity contribution in [2.45, 2.75) is 18.9 Å². The third-order valence-corrected chi connectivity index (χ3v) is 3.19. The highest BCUT2D eigenvalue weighted by Gasteiger charge is 2.15. The van der Waals surface area contributed by atoms with Crippen molar-refractivity contribution >= 4 is 23.6 Å². The minimum atomic E-state index is -0.120. The van der Waals surface area contributed by atoms with Gasteiger partial charge in [-0.1, -0.05) is 29.8 Å². The van der Waals surface area contributed by atoms with Crippen LogP contribution in [0.25, 0.3) is 6.08 Å². The molecule has 0 radical (unpaired) electrons. The zero-order valence-corrected chi connectivity index (χ0v) is 10.8. The number of ether oxygens (including phenoxy) is 1. The lowest BCUT2D eigenvalue weighted by molar-refractivity contribution is -0.116. The molecular formula is C14H16ClNO2. The standard InChI is InChI=1S/C14H16ClNO2/c15-13-6-2-1-4-11(13)7-8-14(17)16-10-12-5-3-9-18-12/h1-2,4,6-8,12H,3,5,9-10H2,(H,16,17)/t12-/m0/s1. The van der Waals surface area contributed by atoms with Gasteiger partial charge in [0.25, 0.3) is 0 Å². The first kappa shape index (κ1) is 13.1. The number of hydrogen-bond donors (Lipinski definition) is 1. The third kappa shape index (κ3) is 3.86. The maximum Gasteiger partial charge on any atom is 0.244 e. The second-order valence-corrected chi connectivity index (χ2v) is 4.64. The van der Waals surface area contributed by atoms with Crippen LogP contribution in [0.4, 0.5) is 0 Å². The van der Waals surface area contributed by atoms with Crippen molar-refractivity contribution in [3.05, 3.63) is 40.9 Å². The number of carbonyl (C=O) groups is 1. The summed E-state index contributed by atoms with van der Waals surface area (Å²) in [5.41, 5.74) is 0.839. The Labute approximate surface area is 112 Å². The predicted molar refractivity (Wildman–Crippen MR) is 72.5 cm³/mol. The number of carbonyl (C=O) groups excluding carboxylic acids is 1. The molecule has 0 aliphatic carbocycles. The van der Waals surface area contributed by atoms with Crippen LogP contribution in [-0.2, 0) is 9.53 Å². The van der Waals surface area contributed by atoms with Crippen LogP contribution in [0.2, 0.25) is 5.02 Å². The molecule has 1 N–H and O–H groups in total. The molecule has 0 bridgehead atoms. The highest BCUT2D eigenvalue weighted by atomic mass is 35.5. The zero-order chi connectivity index (χ0) is 12.8. The van der Waals surface area contributed by atoms with E-state index in [1.165, 1.54) is 6.08 Å². The van der Waals surface area contributed by atoms with E-state index >= 15 is 0 Å². The first-order valence-corrected chi connectivity index (χ1v) is 6.45. The zero-order valence-electron chi connectivity index (χ0n) is 10.1. The van der Waals surface area contributed by atoms with Gasteiger partial charge in [0, 0.05) is 24.3 Å². The molecule has 1 atom stereocenters. The number of hydrogen-bond acceptors (Lipinski definition) is 2. The van der Waals surface area contributed by atoms with Crippen LogP contribution in [0.3, 0.4) is 0 Å². The Morgan fingerprint density at radius 3 is 3.06 bits per heavy atom. The van der Waals surface area contributed by atoms with Gasteiger partial charge in [0.2, 0.25) is 5.91 Å². The van der Waals surface area contributed by atoms with E-state index in [1.807, 2.05) is 18.2 Å². The van der Waals surface area contributed by atoms with Gasteiger partial charge in [0.05, 0.1) is 6.10 Å². The van der Waals surface area contributed by atoms with Crippen molar-refractivity contribution in [3.63, 3.8) is 0 Å². The second kappa shape index (κ2) is 6.57. The molecule has 1 aromatic carbocycles. The van der Waals surface area contributed by atoms with Crippen LogP contribution in [0.1, 0.15) is 18.4 Å². The molecule has 1 aliphatic rings. The summed E-state index contributed by atoms with van der Waals surface area (Å²) in [6.45, 7) is 1.38. The van der Waals surface area contributed by atoms with Gasteiger partial charge in [0.15, 0.2) is 0 Å². The molecule has 1 heterocycles. The molecule has 0 spiro atoms. The highest BCUT2D eigenvalue weighted by molar-refractivity contribution is 6.32. The first-order valence-electron chi connectivity index (χ1n) is 6.08. The van der Waals surface area contributed by atoms with Crippen LogP contribution < -0.4 is 5.32 Å². The summed E-state index contributed by atoms with van der Waals surface area (Å²) in [7, 11) is 0. The van der Waals surface area contributed by atoms with Gasteiger partial charge in [-0.3, -0.25) is 4.79 Å². The maximum absolute atomic E-state index is 11.6. The van der Waals surface area contributed by atoms with E-state index < -0.39 is 0 Å². The van der Waals surface area contributed by atoms with Crippen LogP contribution in [0, 0.1) is 0 Å². The fraction of sp³-hybridized carbons (Fsp3) is 0.357. The topological polar surface area (TPSA) is 38.3 Å². The number of nitrogens with one attached hydrogen (secondary N) is 1. The van der Waals surface area contributed by atoms with Gasteiger partial charge < -0.3 is 10.1 Å². The van der Waals surface area contributed by atoms with Crippen LogP contribution in [0.15, 0.2) is 30.3 Å². The lowest BCUT2D eigenvalue weighted by Crippen LogP contribution is -2.30. The van der Waals surface area contributed by atoms with Crippen molar-refractivity contribution in [2.75, 3.05) is 13.2 Å². The summed E-state index contributed by atoms with van der Waals surface area (Å²) in [4.78, 5) is 11.6. The normalized spacial score (nSPS) is 19.3. The van der Waals surface area contributed by atoms with E-state index in [9.17, 15) is 4.79 Å². The third-order valence-electron chi connectivity index (χ3n) is 2.85. The molecule has 0 unspecified atom stereocenters. The average molecular weight is 266 g/mol. The van der Waals surface area contributed by atoms with Gasteiger partial charge in [-0.05, 0) is 30.5 Å². The van der Waals surface area contributed by atoms with Crippen LogP contribution in [-0.4, -0.2) is 25.2 Å².